The third-order valence-electron chi connectivity index (χ3n) is 2.08. The average Bonchev–Trinajstić information content (AvgIpc) is 2.24. The highest BCUT2D eigenvalue weighted by atomic mass is 16.1. The van der Waals surface area contributed by atoms with Crippen molar-refractivity contribution in [1.82, 2.24) is 5.32 Å². The molecule has 0 saturated heterocycles. The molecule has 1 N–H and O–H groups in total. The lowest BCUT2D eigenvalue weighted by Crippen LogP contribution is -2.19. The van der Waals surface area contributed by atoms with Gasteiger partial charge in [0, 0.05) is 12.6 Å². The Morgan fingerprint density at radius 2 is 1.79 bits per heavy atom. The molecule has 0 radical (unpaired) electrons. The van der Waals surface area contributed by atoms with Crippen LogP contribution in [0.15, 0.2) is 18.2 Å². The van der Waals surface area contributed by atoms with Crippen LogP contribution in [0.5, 0.6) is 0 Å². The molecule has 78 valence electrons. The molecular weight excluding hydrogens is 174 g/mol. The highest BCUT2D eigenvalue weighted by molar-refractivity contribution is 5.95. The van der Waals surface area contributed by atoms with E-state index in [0.29, 0.717) is 0 Å². The van der Waals surface area contributed by atoms with Crippen molar-refractivity contribution in [3.63, 3.8) is 0 Å². The van der Waals surface area contributed by atoms with Gasteiger partial charge in [0.05, 0.1) is 0 Å². The lowest BCUT2D eigenvalue weighted by atomic mass is 10.0. The first-order valence-electron chi connectivity index (χ1n) is 4.95. The Balaban J connectivity index is 0.000000791. The van der Waals surface area contributed by atoms with E-state index in [4.69, 9.17) is 0 Å². The van der Waals surface area contributed by atoms with Gasteiger partial charge in [0.15, 0.2) is 0 Å². The molecule has 0 bridgehead atoms. The first-order valence-corrected chi connectivity index (χ1v) is 4.95. The van der Waals surface area contributed by atoms with Gasteiger partial charge in [0.1, 0.15) is 0 Å². The number of benzene rings is 1. The molecule has 1 rings (SSSR count). The Bertz CT molecular complexity index is 305. The van der Waals surface area contributed by atoms with Crippen LogP contribution in [-0.2, 0) is 0 Å². The summed E-state index contributed by atoms with van der Waals surface area (Å²) in [6, 6.07) is 5.73. The van der Waals surface area contributed by atoms with E-state index in [-0.39, 0.29) is 5.91 Å². The zero-order valence-electron chi connectivity index (χ0n) is 9.64. The predicted molar refractivity (Wildman–Crippen MR) is 60.7 cm³/mol. The summed E-state index contributed by atoms with van der Waals surface area (Å²) < 4.78 is 0. The van der Waals surface area contributed by atoms with Gasteiger partial charge in [0.25, 0.3) is 5.91 Å². The molecule has 0 aliphatic rings. The van der Waals surface area contributed by atoms with Crippen molar-refractivity contribution in [2.45, 2.75) is 27.7 Å². The molecule has 0 saturated carbocycles. The van der Waals surface area contributed by atoms with E-state index in [2.05, 4.69) is 5.32 Å². The van der Waals surface area contributed by atoms with E-state index in [9.17, 15) is 4.79 Å². The molecule has 0 unspecified atom stereocenters. The lowest BCUT2D eigenvalue weighted by molar-refractivity contribution is 0.0962. The summed E-state index contributed by atoms with van der Waals surface area (Å²) in [5.74, 6) is -0.0174. The van der Waals surface area contributed by atoms with E-state index in [1.54, 1.807) is 7.05 Å². The van der Waals surface area contributed by atoms with Gasteiger partial charge in [-0.3, -0.25) is 4.79 Å². The fraction of sp³-hybridized carbons (Fsp3) is 0.417. The molecule has 0 aromatic heterocycles. The molecule has 0 atom stereocenters. The molecule has 14 heavy (non-hydrogen) atoms. The first-order chi connectivity index (χ1) is 6.66. The SMILES string of the molecule is CC.CNC(=O)c1cccc(C)c1C. The lowest BCUT2D eigenvalue weighted by Gasteiger charge is -2.05. The Morgan fingerprint density at radius 3 is 2.29 bits per heavy atom. The second kappa shape index (κ2) is 6.19. The highest BCUT2D eigenvalue weighted by Gasteiger charge is 2.06. The highest BCUT2D eigenvalue weighted by Crippen LogP contribution is 2.11. The standard InChI is InChI=1S/C10H13NO.C2H6/c1-7-5-4-6-9(8(7)2)10(12)11-3;1-2/h4-6H,1-3H3,(H,11,12);1-2H3. The second-order valence-corrected chi connectivity index (χ2v) is 2.83. The molecule has 2 heteroatoms. The first kappa shape index (κ1) is 12.7. The summed E-state index contributed by atoms with van der Waals surface area (Å²) in [5, 5.41) is 2.61. The Morgan fingerprint density at radius 1 is 1.21 bits per heavy atom. The molecule has 1 aromatic rings. The summed E-state index contributed by atoms with van der Waals surface area (Å²) in [5.41, 5.74) is 2.96. The number of carbonyl (C=O) groups excluding carboxylic acids is 1. The molecule has 0 fully saturated rings. The van der Waals surface area contributed by atoms with Crippen LogP contribution in [0.25, 0.3) is 0 Å². The normalized spacial score (nSPS) is 8.64. The summed E-state index contributed by atoms with van der Waals surface area (Å²) in [6.45, 7) is 7.96. The van der Waals surface area contributed by atoms with Crippen LogP contribution in [0.2, 0.25) is 0 Å². The monoisotopic (exact) mass is 193 g/mol. The van der Waals surface area contributed by atoms with Crippen molar-refractivity contribution in [2.24, 2.45) is 0 Å². The molecular formula is C12H19NO. The number of carbonyl (C=O) groups is 1. The van der Waals surface area contributed by atoms with Crippen molar-refractivity contribution in [1.29, 1.82) is 0 Å². The van der Waals surface area contributed by atoms with E-state index in [0.717, 1.165) is 16.7 Å². The summed E-state index contributed by atoms with van der Waals surface area (Å²) in [4.78, 5) is 11.3. The smallest absolute Gasteiger partial charge is 0.251 e. The van der Waals surface area contributed by atoms with Gasteiger partial charge in [-0.2, -0.15) is 0 Å². The third-order valence-corrected chi connectivity index (χ3v) is 2.08. The Kier molecular flexibility index (Phi) is 5.61. The van der Waals surface area contributed by atoms with Crippen LogP contribution in [0.4, 0.5) is 0 Å². The van der Waals surface area contributed by atoms with E-state index < -0.39 is 0 Å². The zero-order chi connectivity index (χ0) is 11.1. The third kappa shape index (κ3) is 2.87. The molecule has 0 aliphatic carbocycles. The largest absolute Gasteiger partial charge is 0.355 e. The zero-order valence-corrected chi connectivity index (χ0v) is 9.64. The fourth-order valence-corrected chi connectivity index (χ4v) is 1.13. The van der Waals surface area contributed by atoms with Gasteiger partial charge in [-0.15, -0.1) is 0 Å². The number of hydrogen-bond acceptors (Lipinski definition) is 1. The quantitative estimate of drug-likeness (QED) is 0.730. The molecule has 1 amide bonds. The molecule has 0 aliphatic heterocycles. The van der Waals surface area contributed by atoms with Gasteiger partial charge >= 0.3 is 0 Å². The van der Waals surface area contributed by atoms with Crippen molar-refractivity contribution in [3.05, 3.63) is 34.9 Å². The molecule has 0 spiro atoms. The van der Waals surface area contributed by atoms with Crippen molar-refractivity contribution in [2.75, 3.05) is 7.05 Å². The van der Waals surface area contributed by atoms with Gasteiger partial charge in [-0.1, -0.05) is 26.0 Å². The molecule has 1 aromatic carbocycles. The maximum Gasteiger partial charge on any atom is 0.251 e. The number of hydrogen-bond donors (Lipinski definition) is 1. The van der Waals surface area contributed by atoms with Crippen LogP contribution in [0.3, 0.4) is 0 Å². The molecule has 0 heterocycles. The van der Waals surface area contributed by atoms with E-state index in [1.165, 1.54) is 0 Å². The average molecular weight is 193 g/mol. The summed E-state index contributed by atoms with van der Waals surface area (Å²) >= 11 is 0. The van der Waals surface area contributed by atoms with Gasteiger partial charge in [0.2, 0.25) is 0 Å². The van der Waals surface area contributed by atoms with Crippen LogP contribution >= 0.6 is 0 Å². The van der Waals surface area contributed by atoms with Gasteiger partial charge in [-0.05, 0) is 31.0 Å². The minimum absolute atomic E-state index is 0.0174. The minimum atomic E-state index is -0.0174. The number of nitrogens with one attached hydrogen (secondary N) is 1. The van der Waals surface area contributed by atoms with Gasteiger partial charge in [-0.25, -0.2) is 0 Å². The van der Waals surface area contributed by atoms with E-state index >= 15 is 0 Å². The maximum absolute atomic E-state index is 11.3. The summed E-state index contributed by atoms with van der Waals surface area (Å²) in [6.07, 6.45) is 0. The molecule has 2 nitrogen and oxygen atoms in total. The second-order valence-electron chi connectivity index (χ2n) is 2.83. The number of amides is 1. The Labute approximate surface area is 86.3 Å². The minimum Gasteiger partial charge on any atom is -0.355 e. The topological polar surface area (TPSA) is 29.1 Å². The van der Waals surface area contributed by atoms with Crippen molar-refractivity contribution < 1.29 is 4.79 Å². The number of rotatable bonds is 1. The Hall–Kier alpha value is -1.31. The number of aryl methyl sites for hydroxylation is 1. The van der Waals surface area contributed by atoms with Crippen LogP contribution < -0.4 is 5.32 Å². The van der Waals surface area contributed by atoms with Gasteiger partial charge < -0.3 is 5.32 Å². The van der Waals surface area contributed by atoms with E-state index in [1.807, 2.05) is 45.9 Å². The predicted octanol–water partition coefficient (Wildman–Crippen LogP) is 2.69. The van der Waals surface area contributed by atoms with Crippen LogP contribution in [0.1, 0.15) is 35.3 Å². The van der Waals surface area contributed by atoms with Crippen LogP contribution in [0, 0.1) is 13.8 Å². The van der Waals surface area contributed by atoms with Crippen LogP contribution in [-0.4, -0.2) is 13.0 Å². The maximum atomic E-state index is 11.3. The van der Waals surface area contributed by atoms with Crippen molar-refractivity contribution in [3.8, 4) is 0 Å². The van der Waals surface area contributed by atoms with Crippen molar-refractivity contribution >= 4 is 5.91 Å². The fourth-order valence-electron chi connectivity index (χ4n) is 1.13. The summed E-state index contributed by atoms with van der Waals surface area (Å²) in [7, 11) is 1.64.